The van der Waals surface area contributed by atoms with Gasteiger partial charge in [-0.1, -0.05) is 59.6 Å². The topological polar surface area (TPSA) is 0 Å². The van der Waals surface area contributed by atoms with Gasteiger partial charge >= 0.3 is 0 Å². The molecule has 0 spiro atoms. The van der Waals surface area contributed by atoms with Crippen LogP contribution in [0.5, 0.6) is 0 Å². The van der Waals surface area contributed by atoms with E-state index in [4.69, 9.17) is 0 Å². The van der Waals surface area contributed by atoms with E-state index in [0.29, 0.717) is 5.92 Å². The fourth-order valence-corrected chi connectivity index (χ4v) is 2.41. The summed E-state index contributed by atoms with van der Waals surface area (Å²) >= 11 is 0. The number of rotatable bonds is 6. The van der Waals surface area contributed by atoms with Crippen molar-refractivity contribution >= 4 is 0 Å². The second-order valence-corrected chi connectivity index (χ2v) is 4.95. The second kappa shape index (κ2) is 6.27. The third-order valence-corrected chi connectivity index (χ3v) is 4.09. The van der Waals surface area contributed by atoms with Gasteiger partial charge in [0.25, 0.3) is 0 Å². The molecule has 0 aliphatic carbocycles. The van der Waals surface area contributed by atoms with E-state index in [1.54, 1.807) is 0 Å². The van der Waals surface area contributed by atoms with Crippen molar-refractivity contribution < 1.29 is 0 Å². The van der Waals surface area contributed by atoms with Crippen molar-refractivity contribution in [3.05, 3.63) is 12.2 Å². The molecule has 0 amide bonds. The van der Waals surface area contributed by atoms with Crippen LogP contribution in [0.15, 0.2) is 12.2 Å². The van der Waals surface area contributed by atoms with Gasteiger partial charge in [0.15, 0.2) is 0 Å². The molecule has 0 aromatic rings. The molecule has 0 radical (unpaired) electrons. The Kier molecular flexibility index (Phi) is 6.15. The lowest BCUT2D eigenvalue weighted by molar-refractivity contribution is 0.201. The summed E-state index contributed by atoms with van der Waals surface area (Å²) in [6.07, 6.45) is 2.60. The predicted octanol–water partition coefficient (Wildman–Crippen LogP) is 4.91. The first-order chi connectivity index (χ1) is 6.45. The highest BCUT2D eigenvalue weighted by Gasteiger charge is 2.25. The fraction of sp³-hybridized carbons (Fsp3) is 0.857. The third kappa shape index (κ3) is 3.48. The van der Waals surface area contributed by atoms with Crippen LogP contribution in [0.3, 0.4) is 0 Å². The summed E-state index contributed by atoms with van der Waals surface area (Å²) in [7, 11) is 0. The minimum atomic E-state index is 0.661. The lowest BCUT2D eigenvalue weighted by Crippen LogP contribution is -2.24. The standard InChI is InChI=1S/C14H28/c1-8-11(5)14(9-2)13(7)12(6)10(3)4/h11-14H,3,8-9H2,1-2,4-7H3. The predicted molar refractivity (Wildman–Crippen MR) is 66.4 cm³/mol. The molecule has 14 heavy (non-hydrogen) atoms. The minimum Gasteiger partial charge on any atom is -0.0999 e. The fourth-order valence-electron chi connectivity index (χ4n) is 2.41. The number of allylic oxidation sites excluding steroid dienone is 1. The van der Waals surface area contributed by atoms with Crippen molar-refractivity contribution in [1.82, 2.24) is 0 Å². The molecular formula is C14H28. The summed E-state index contributed by atoms with van der Waals surface area (Å²) in [6.45, 7) is 17.9. The summed E-state index contributed by atoms with van der Waals surface area (Å²) in [5.41, 5.74) is 1.33. The van der Waals surface area contributed by atoms with Crippen LogP contribution in [0.4, 0.5) is 0 Å². The van der Waals surface area contributed by atoms with E-state index in [1.807, 2.05) is 0 Å². The maximum Gasteiger partial charge on any atom is -0.0209 e. The highest BCUT2D eigenvalue weighted by molar-refractivity contribution is 4.97. The summed E-state index contributed by atoms with van der Waals surface area (Å²) < 4.78 is 0. The van der Waals surface area contributed by atoms with Gasteiger partial charge in [0.1, 0.15) is 0 Å². The zero-order chi connectivity index (χ0) is 11.3. The lowest BCUT2D eigenvalue weighted by atomic mass is 9.73. The van der Waals surface area contributed by atoms with Crippen molar-refractivity contribution in [2.24, 2.45) is 23.7 Å². The van der Waals surface area contributed by atoms with E-state index in [1.165, 1.54) is 18.4 Å². The molecule has 4 atom stereocenters. The van der Waals surface area contributed by atoms with Gasteiger partial charge in [0.05, 0.1) is 0 Å². The van der Waals surface area contributed by atoms with E-state index in [9.17, 15) is 0 Å². The van der Waals surface area contributed by atoms with Crippen LogP contribution in [0.1, 0.15) is 54.4 Å². The van der Waals surface area contributed by atoms with Crippen LogP contribution in [0.25, 0.3) is 0 Å². The van der Waals surface area contributed by atoms with E-state index < -0.39 is 0 Å². The summed E-state index contributed by atoms with van der Waals surface area (Å²) in [5, 5.41) is 0. The Morgan fingerprint density at radius 1 is 1.07 bits per heavy atom. The first kappa shape index (κ1) is 13.7. The molecule has 0 aliphatic rings. The molecule has 0 rings (SSSR count). The molecule has 0 nitrogen and oxygen atoms in total. The summed E-state index contributed by atoms with van der Waals surface area (Å²) in [6, 6.07) is 0. The Morgan fingerprint density at radius 3 is 1.86 bits per heavy atom. The SMILES string of the molecule is C=C(C)C(C)C(C)C(CC)C(C)CC. The van der Waals surface area contributed by atoms with Gasteiger partial charge in [0, 0.05) is 0 Å². The van der Waals surface area contributed by atoms with Gasteiger partial charge in [-0.25, -0.2) is 0 Å². The van der Waals surface area contributed by atoms with Crippen LogP contribution in [-0.2, 0) is 0 Å². The average Bonchev–Trinajstić information content (AvgIpc) is 2.16. The lowest BCUT2D eigenvalue weighted by Gasteiger charge is -2.32. The van der Waals surface area contributed by atoms with Crippen molar-refractivity contribution in [2.45, 2.75) is 54.4 Å². The molecule has 0 aliphatic heterocycles. The van der Waals surface area contributed by atoms with Crippen molar-refractivity contribution in [1.29, 1.82) is 0 Å². The molecule has 0 heteroatoms. The monoisotopic (exact) mass is 196 g/mol. The van der Waals surface area contributed by atoms with Crippen LogP contribution >= 0.6 is 0 Å². The molecule has 0 heterocycles. The van der Waals surface area contributed by atoms with Crippen molar-refractivity contribution in [3.8, 4) is 0 Å². The Bertz CT molecular complexity index is 169. The highest BCUT2D eigenvalue weighted by Crippen LogP contribution is 2.33. The van der Waals surface area contributed by atoms with Crippen molar-refractivity contribution in [2.75, 3.05) is 0 Å². The normalized spacial score (nSPS) is 19.9. The Morgan fingerprint density at radius 2 is 1.57 bits per heavy atom. The molecule has 4 unspecified atom stereocenters. The number of hydrogen-bond donors (Lipinski definition) is 0. The smallest absolute Gasteiger partial charge is 0.0209 e. The summed E-state index contributed by atoms with van der Waals surface area (Å²) in [5.74, 6) is 3.13. The van der Waals surface area contributed by atoms with Crippen LogP contribution in [-0.4, -0.2) is 0 Å². The van der Waals surface area contributed by atoms with E-state index in [2.05, 4.69) is 48.1 Å². The zero-order valence-electron chi connectivity index (χ0n) is 10.9. The van der Waals surface area contributed by atoms with Gasteiger partial charge in [-0.15, -0.1) is 0 Å². The average molecular weight is 196 g/mol. The molecule has 0 saturated heterocycles. The van der Waals surface area contributed by atoms with E-state index >= 15 is 0 Å². The quantitative estimate of drug-likeness (QED) is 0.530. The zero-order valence-corrected chi connectivity index (χ0v) is 10.9. The molecule has 0 N–H and O–H groups in total. The van der Waals surface area contributed by atoms with Gasteiger partial charge in [-0.3, -0.25) is 0 Å². The molecule has 0 aromatic heterocycles. The van der Waals surface area contributed by atoms with Gasteiger partial charge in [0.2, 0.25) is 0 Å². The highest BCUT2D eigenvalue weighted by atomic mass is 14.3. The maximum absolute atomic E-state index is 4.08. The second-order valence-electron chi connectivity index (χ2n) is 4.95. The van der Waals surface area contributed by atoms with Crippen LogP contribution in [0.2, 0.25) is 0 Å². The van der Waals surface area contributed by atoms with E-state index in [0.717, 1.165) is 17.8 Å². The number of hydrogen-bond acceptors (Lipinski definition) is 0. The molecule has 0 fully saturated rings. The minimum absolute atomic E-state index is 0.661. The Balaban J connectivity index is 4.44. The molecule has 84 valence electrons. The molecular weight excluding hydrogens is 168 g/mol. The molecule has 0 saturated carbocycles. The largest absolute Gasteiger partial charge is 0.0999 e. The van der Waals surface area contributed by atoms with Crippen LogP contribution < -0.4 is 0 Å². The maximum atomic E-state index is 4.08. The summed E-state index contributed by atoms with van der Waals surface area (Å²) in [4.78, 5) is 0. The molecule has 0 bridgehead atoms. The van der Waals surface area contributed by atoms with Crippen molar-refractivity contribution in [3.63, 3.8) is 0 Å². The van der Waals surface area contributed by atoms with Gasteiger partial charge in [-0.2, -0.15) is 0 Å². The van der Waals surface area contributed by atoms with Gasteiger partial charge < -0.3 is 0 Å². The Labute approximate surface area is 90.8 Å². The Hall–Kier alpha value is -0.260. The third-order valence-electron chi connectivity index (χ3n) is 4.09. The van der Waals surface area contributed by atoms with Crippen LogP contribution in [0, 0.1) is 23.7 Å². The first-order valence-electron chi connectivity index (χ1n) is 6.10. The molecule has 0 aromatic carbocycles. The van der Waals surface area contributed by atoms with E-state index in [-0.39, 0.29) is 0 Å². The first-order valence-corrected chi connectivity index (χ1v) is 6.10. The van der Waals surface area contributed by atoms with Gasteiger partial charge in [-0.05, 0) is 30.6 Å².